The number of aliphatic hydroxyl groups excluding tert-OH is 1. The molecule has 0 spiro atoms. The minimum absolute atomic E-state index is 0.170. The van der Waals surface area contributed by atoms with Crippen LogP contribution in [0.5, 0.6) is 0 Å². The van der Waals surface area contributed by atoms with Crippen LogP contribution in [-0.2, 0) is 0 Å². The van der Waals surface area contributed by atoms with Crippen LogP contribution in [0.25, 0.3) is 5.69 Å². The Labute approximate surface area is 147 Å². The zero-order chi connectivity index (χ0) is 17.4. The average Bonchev–Trinajstić information content (AvgIpc) is 3.31. The van der Waals surface area contributed by atoms with E-state index in [1.807, 2.05) is 41.9 Å². The highest BCUT2D eigenvalue weighted by molar-refractivity contribution is 5.90. The number of amides is 2. The molecule has 0 saturated heterocycles. The first-order valence-corrected chi connectivity index (χ1v) is 9.04. The van der Waals surface area contributed by atoms with Crippen molar-refractivity contribution < 1.29 is 9.90 Å². The topological polar surface area (TPSA) is 79.2 Å². The molecule has 2 fully saturated rings. The summed E-state index contributed by atoms with van der Waals surface area (Å²) in [5.74, 6) is 1.21. The maximum atomic E-state index is 12.5. The molecule has 132 valence electrons. The Hall–Kier alpha value is -2.34. The van der Waals surface area contributed by atoms with Gasteiger partial charge < -0.3 is 10.4 Å². The molecule has 3 N–H and O–H groups in total. The number of urea groups is 1. The number of para-hydroxylation sites is 1. The Morgan fingerprint density at radius 2 is 1.96 bits per heavy atom. The number of carbonyl (C=O) groups is 1. The number of aromatic nitrogens is 2. The van der Waals surface area contributed by atoms with Gasteiger partial charge in [-0.1, -0.05) is 18.2 Å². The molecular weight excluding hydrogens is 316 g/mol. The van der Waals surface area contributed by atoms with Gasteiger partial charge in [0.05, 0.1) is 23.5 Å². The second-order valence-electron chi connectivity index (χ2n) is 7.08. The number of hydrogen-bond acceptors (Lipinski definition) is 3. The average molecular weight is 340 g/mol. The van der Waals surface area contributed by atoms with Gasteiger partial charge in [0, 0.05) is 11.5 Å². The minimum Gasteiger partial charge on any atom is -0.391 e. The standard InChI is InChI=1S/C19H24N4O2/c1-12-17(13-10-11-13)22-23(14-6-3-2-4-7-14)18(12)21-19(25)20-15-8-5-9-16(15)24/h2-4,6-7,13,15-16,24H,5,8-11H2,1H3,(H2,20,21,25)/t15-,16-/m0/s1. The van der Waals surface area contributed by atoms with Crippen molar-refractivity contribution >= 4 is 11.8 Å². The molecule has 2 aliphatic rings. The van der Waals surface area contributed by atoms with Crippen molar-refractivity contribution in [3.63, 3.8) is 0 Å². The normalized spacial score (nSPS) is 22.8. The van der Waals surface area contributed by atoms with Crippen molar-refractivity contribution in [2.45, 2.75) is 57.1 Å². The molecule has 25 heavy (non-hydrogen) atoms. The quantitative estimate of drug-likeness (QED) is 0.800. The third-order valence-corrected chi connectivity index (χ3v) is 5.15. The third-order valence-electron chi connectivity index (χ3n) is 5.15. The number of nitrogens with zero attached hydrogens (tertiary/aromatic N) is 2. The van der Waals surface area contributed by atoms with Gasteiger partial charge in [0.2, 0.25) is 0 Å². The lowest BCUT2D eigenvalue weighted by Crippen LogP contribution is -2.42. The second kappa shape index (κ2) is 6.52. The maximum absolute atomic E-state index is 12.5. The van der Waals surface area contributed by atoms with E-state index in [1.165, 1.54) is 0 Å². The summed E-state index contributed by atoms with van der Waals surface area (Å²) in [6, 6.07) is 9.39. The van der Waals surface area contributed by atoms with Crippen molar-refractivity contribution in [2.75, 3.05) is 5.32 Å². The van der Waals surface area contributed by atoms with Crippen LogP contribution < -0.4 is 10.6 Å². The second-order valence-corrected chi connectivity index (χ2v) is 7.08. The number of carbonyl (C=O) groups excluding carboxylic acids is 1. The van der Waals surface area contributed by atoms with Crippen LogP contribution in [-0.4, -0.2) is 33.1 Å². The first kappa shape index (κ1) is 16.1. The van der Waals surface area contributed by atoms with E-state index < -0.39 is 6.10 Å². The van der Waals surface area contributed by atoms with Gasteiger partial charge in [0.1, 0.15) is 5.82 Å². The number of anilines is 1. The molecule has 2 aromatic rings. The van der Waals surface area contributed by atoms with Crippen molar-refractivity contribution in [1.29, 1.82) is 0 Å². The van der Waals surface area contributed by atoms with Gasteiger partial charge in [0.25, 0.3) is 0 Å². The van der Waals surface area contributed by atoms with Crippen molar-refractivity contribution in [2.24, 2.45) is 0 Å². The molecule has 0 unspecified atom stereocenters. The molecular formula is C19H24N4O2. The van der Waals surface area contributed by atoms with Gasteiger partial charge in [-0.25, -0.2) is 9.48 Å². The van der Waals surface area contributed by atoms with Crippen molar-refractivity contribution in [3.8, 4) is 5.69 Å². The minimum atomic E-state index is -0.451. The van der Waals surface area contributed by atoms with Crippen molar-refractivity contribution in [1.82, 2.24) is 15.1 Å². The molecule has 0 aliphatic heterocycles. The van der Waals surface area contributed by atoms with Crippen LogP contribution in [0.4, 0.5) is 10.6 Å². The van der Waals surface area contributed by atoms with E-state index in [0.717, 1.165) is 49.0 Å². The molecule has 2 aliphatic carbocycles. The summed E-state index contributed by atoms with van der Waals surface area (Å²) in [5, 5.41) is 20.5. The molecule has 2 saturated carbocycles. The SMILES string of the molecule is Cc1c(C2CC2)nn(-c2ccccc2)c1NC(=O)N[C@H]1CCC[C@@H]1O. The van der Waals surface area contributed by atoms with Gasteiger partial charge in [-0.15, -0.1) is 0 Å². The van der Waals surface area contributed by atoms with Crippen molar-refractivity contribution in [3.05, 3.63) is 41.6 Å². The van der Waals surface area contributed by atoms with E-state index in [2.05, 4.69) is 10.6 Å². The fourth-order valence-electron chi connectivity index (χ4n) is 3.58. The lowest BCUT2D eigenvalue weighted by atomic mass is 10.2. The number of nitrogens with one attached hydrogen (secondary N) is 2. The highest BCUT2D eigenvalue weighted by atomic mass is 16.3. The van der Waals surface area contributed by atoms with Gasteiger partial charge in [-0.2, -0.15) is 5.10 Å². The summed E-state index contributed by atoms with van der Waals surface area (Å²) in [6.07, 6.45) is 4.38. The van der Waals surface area contributed by atoms with Gasteiger partial charge in [-0.3, -0.25) is 5.32 Å². The van der Waals surface area contributed by atoms with E-state index in [1.54, 1.807) is 0 Å². The van der Waals surface area contributed by atoms with Crippen LogP contribution in [0, 0.1) is 6.92 Å². The fourth-order valence-corrected chi connectivity index (χ4v) is 3.58. The van der Waals surface area contributed by atoms with Gasteiger partial charge in [-0.05, 0) is 51.2 Å². The monoisotopic (exact) mass is 340 g/mol. The van der Waals surface area contributed by atoms with E-state index in [9.17, 15) is 9.90 Å². The Kier molecular flexibility index (Phi) is 4.21. The predicted molar refractivity (Wildman–Crippen MR) is 96.1 cm³/mol. The van der Waals surface area contributed by atoms with Crippen LogP contribution in [0.15, 0.2) is 30.3 Å². The summed E-state index contributed by atoms with van der Waals surface area (Å²) in [6.45, 7) is 2.01. The van der Waals surface area contributed by atoms with E-state index in [-0.39, 0.29) is 12.1 Å². The van der Waals surface area contributed by atoms with Gasteiger partial charge in [0.15, 0.2) is 0 Å². The molecule has 6 heteroatoms. The Bertz CT molecular complexity index is 767. The molecule has 6 nitrogen and oxygen atoms in total. The van der Waals surface area contributed by atoms with Gasteiger partial charge >= 0.3 is 6.03 Å². The predicted octanol–water partition coefficient (Wildman–Crippen LogP) is 3.09. The largest absolute Gasteiger partial charge is 0.391 e. The van der Waals surface area contributed by atoms with E-state index >= 15 is 0 Å². The Morgan fingerprint density at radius 1 is 1.20 bits per heavy atom. The molecule has 1 aromatic carbocycles. The van der Waals surface area contributed by atoms with Crippen LogP contribution >= 0.6 is 0 Å². The first-order chi connectivity index (χ1) is 12.1. The molecule has 0 bridgehead atoms. The van der Waals surface area contributed by atoms with Crippen LogP contribution in [0.1, 0.15) is 49.3 Å². The number of hydrogen-bond donors (Lipinski definition) is 3. The molecule has 1 heterocycles. The number of rotatable bonds is 4. The fraction of sp³-hybridized carbons (Fsp3) is 0.474. The summed E-state index contributed by atoms with van der Waals surface area (Å²) >= 11 is 0. The summed E-state index contributed by atoms with van der Waals surface area (Å²) < 4.78 is 1.81. The third kappa shape index (κ3) is 3.26. The molecule has 4 rings (SSSR count). The Balaban J connectivity index is 1.60. The van der Waals surface area contributed by atoms with E-state index in [0.29, 0.717) is 11.7 Å². The highest BCUT2D eigenvalue weighted by Gasteiger charge is 2.32. The zero-order valence-corrected chi connectivity index (χ0v) is 14.4. The summed E-state index contributed by atoms with van der Waals surface area (Å²) in [4.78, 5) is 12.5. The lowest BCUT2D eigenvalue weighted by molar-refractivity contribution is 0.151. The molecule has 0 radical (unpaired) electrons. The zero-order valence-electron chi connectivity index (χ0n) is 14.4. The summed E-state index contributed by atoms with van der Waals surface area (Å²) in [5.41, 5.74) is 3.02. The summed E-state index contributed by atoms with van der Waals surface area (Å²) in [7, 11) is 0. The van der Waals surface area contributed by atoms with Crippen LogP contribution in [0.2, 0.25) is 0 Å². The lowest BCUT2D eigenvalue weighted by Gasteiger charge is -2.17. The smallest absolute Gasteiger partial charge is 0.320 e. The molecule has 1 aromatic heterocycles. The first-order valence-electron chi connectivity index (χ1n) is 9.04. The number of benzene rings is 1. The number of aliphatic hydroxyl groups is 1. The van der Waals surface area contributed by atoms with Crippen LogP contribution in [0.3, 0.4) is 0 Å². The molecule has 2 atom stereocenters. The highest BCUT2D eigenvalue weighted by Crippen LogP contribution is 2.42. The van der Waals surface area contributed by atoms with E-state index in [4.69, 9.17) is 5.10 Å². The Morgan fingerprint density at radius 3 is 2.60 bits per heavy atom. The maximum Gasteiger partial charge on any atom is 0.320 e. The molecule has 2 amide bonds.